The summed E-state index contributed by atoms with van der Waals surface area (Å²) in [4.78, 5) is 46.7. The molecule has 2 atom stereocenters. The van der Waals surface area contributed by atoms with Crippen LogP contribution in [0.5, 0.6) is 5.75 Å². The maximum absolute atomic E-state index is 15.1. The number of hydroxylamine groups is 2. The molecule has 0 spiro atoms. The number of aromatic nitrogens is 2. The highest BCUT2D eigenvalue weighted by Crippen LogP contribution is 2.33. The number of nitrogens with two attached hydrogens (primary N) is 2. The lowest BCUT2D eigenvalue weighted by Crippen LogP contribution is -2.76. The number of ether oxygens (including phenoxy) is 1. The molecule has 2 amide bonds. The predicted octanol–water partition coefficient (Wildman–Crippen LogP) is -0.523. The van der Waals surface area contributed by atoms with Crippen LogP contribution < -0.4 is 31.4 Å². The number of oxime groups is 1. The third kappa shape index (κ3) is 8.30. The number of aliphatic carboxylic acids is 1. The number of hydrogen-bond donors (Lipinski definition) is 5. The maximum atomic E-state index is 15.1. The van der Waals surface area contributed by atoms with Gasteiger partial charge in [-0.15, -0.1) is 11.3 Å². The average molecular weight is 711 g/mol. The molecule has 18 nitrogen and oxygen atoms in total. The summed E-state index contributed by atoms with van der Waals surface area (Å²) in [6, 6.07) is 6.05. The molecule has 3 aromatic rings. The van der Waals surface area contributed by atoms with E-state index in [1.165, 1.54) is 31.4 Å². The second-order valence-corrected chi connectivity index (χ2v) is 12.6. The number of anilines is 2. The highest BCUT2D eigenvalue weighted by atomic mass is 32.3. The molecule has 21 heteroatoms. The third-order valence-electron chi connectivity index (χ3n) is 6.88. The van der Waals surface area contributed by atoms with Crippen molar-refractivity contribution < 1.29 is 55.3 Å². The number of benzene rings is 1. The molecule has 2 aromatic heterocycles. The number of amides is 2. The standard InChI is InChI=1S/C27H31FN8O10S2/c1-27(2)22(24(38)36(27)46-48(41,42)43)33-23(37)21(18-13-47-26(30)32-18)34-45-19(25(39)40)12-44-15-5-6-16(17(28)10-15)14-4-7-20(31-9-8-29)35(3)11-14/h4-7,10-11,13,19,22H,8-9,12,29H2,1-3H3,(H5,30,32,33,37,39,40,41,42,43)/b34-21-/t19?,22-/m1/s1. The molecule has 0 aliphatic carbocycles. The Bertz CT molecular complexity index is 1850. The molecule has 1 unspecified atom stereocenters. The summed E-state index contributed by atoms with van der Waals surface area (Å²) in [5.74, 6) is -3.59. The van der Waals surface area contributed by atoms with Crippen LogP contribution in [-0.2, 0) is 41.0 Å². The van der Waals surface area contributed by atoms with Gasteiger partial charge in [0.2, 0.25) is 10.4 Å². The number of rotatable bonds is 15. The fourth-order valence-electron chi connectivity index (χ4n) is 4.42. The summed E-state index contributed by atoms with van der Waals surface area (Å²) in [5, 5.41) is 20.4. The van der Waals surface area contributed by atoms with Crippen molar-refractivity contribution in [3.63, 3.8) is 0 Å². The van der Waals surface area contributed by atoms with Gasteiger partial charge in [0, 0.05) is 35.2 Å². The molecular weight excluding hydrogens is 679 g/mol. The Kier molecular flexibility index (Phi) is 10.8. The number of halogens is 1. The highest BCUT2D eigenvalue weighted by molar-refractivity contribution is 7.80. The lowest BCUT2D eigenvalue weighted by Gasteiger charge is -2.51. The normalized spacial score (nSPS) is 16.5. The largest absolute Gasteiger partial charge is 0.724 e. The van der Waals surface area contributed by atoms with Crippen LogP contribution >= 0.6 is 11.3 Å². The quantitative estimate of drug-likeness (QED) is 0.0332. The van der Waals surface area contributed by atoms with Gasteiger partial charge in [-0.05, 0) is 32.0 Å². The van der Waals surface area contributed by atoms with Gasteiger partial charge in [-0.25, -0.2) is 27.2 Å². The van der Waals surface area contributed by atoms with Crippen molar-refractivity contribution in [3.05, 3.63) is 53.4 Å². The van der Waals surface area contributed by atoms with Gasteiger partial charge in [0.1, 0.15) is 29.9 Å². The van der Waals surface area contributed by atoms with Crippen LogP contribution in [0.25, 0.3) is 11.1 Å². The van der Waals surface area contributed by atoms with Crippen LogP contribution in [0.2, 0.25) is 0 Å². The van der Waals surface area contributed by atoms with Crippen LogP contribution in [0.1, 0.15) is 19.5 Å². The Labute approximate surface area is 277 Å². The molecule has 0 bridgehead atoms. The van der Waals surface area contributed by atoms with Gasteiger partial charge in [-0.3, -0.25) is 14.9 Å². The summed E-state index contributed by atoms with van der Waals surface area (Å²) in [7, 11) is -3.51. The minimum atomic E-state index is -5.29. The number of β-lactam (4-membered cyclic amide) rings is 1. The van der Waals surface area contributed by atoms with E-state index in [0.29, 0.717) is 23.7 Å². The first-order chi connectivity index (χ1) is 22.5. The van der Waals surface area contributed by atoms with Crippen molar-refractivity contribution in [2.45, 2.75) is 31.5 Å². The highest BCUT2D eigenvalue weighted by Gasteiger charge is 2.57. The Morgan fingerprint density at radius 3 is 2.60 bits per heavy atom. The fraction of sp³-hybridized carbons (Fsp3) is 0.333. The van der Waals surface area contributed by atoms with E-state index in [1.54, 1.807) is 29.9 Å². The zero-order valence-corrected chi connectivity index (χ0v) is 27.2. The fourth-order valence-corrected chi connectivity index (χ4v) is 5.42. The zero-order valence-electron chi connectivity index (χ0n) is 25.6. The minimum absolute atomic E-state index is 0.0160. The first-order valence-electron chi connectivity index (χ1n) is 13.9. The predicted molar refractivity (Wildman–Crippen MR) is 165 cm³/mol. The van der Waals surface area contributed by atoms with E-state index in [2.05, 4.69) is 25.1 Å². The van der Waals surface area contributed by atoms with Crippen LogP contribution in [-0.4, -0.2) is 89.0 Å². The number of carboxylic acids is 1. The zero-order chi connectivity index (χ0) is 35.4. The van der Waals surface area contributed by atoms with Crippen molar-refractivity contribution in [2.24, 2.45) is 17.9 Å². The molecule has 1 aliphatic rings. The topological polar surface area (TPSA) is 265 Å². The summed E-state index contributed by atoms with van der Waals surface area (Å²) in [5.41, 5.74) is 9.78. The molecule has 1 aromatic carbocycles. The molecule has 7 N–H and O–H groups in total. The smallest absolute Gasteiger partial charge is 0.351 e. The summed E-state index contributed by atoms with van der Waals surface area (Å²) in [6.07, 6.45) is -0.0942. The Hall–Kier alpha value is -4.96. The monoisotopic (exact) mass is 710 g/mol. The number of thiazole rings is 1. The van der Waals surface area contributed by atoms with Crippen LogP contribution in [0.15, 0.2) is 47.1 Å². The Balaban J connectivity index is 1.47. The average Bonchev–Trinajstić information content (AvgIpc) is 3.44. The first-order valence-corrected chi connectivity index (χ1v) is 16.1. The number of carbonyl (C=O) groups is 3. The van der Waals surface area contributed by atoms with E-state index in [4.69, 9.17) is 21.0 Å². The van der Waals surface area contributed by atoms with Crippen molar-refractivity contribution in [2.75, 3.05) is 30.7 Å². The molecule has 1 aliphatic heterocycles. The molecule has 48 heavy (non-hydrogen) atoms. The first kappa shape index (κ1) is 35.9. The van der Waals surface area contributed by atoms with E-state index in [0.717, 1.165) is 23.2 Å². The lowest BCUT2D eigenvalue weighted by molar-refractivity contribution is -0.656. The molecule has 0 radical (unpaired) electrons. The van der Waals surface area contributed by atoms with E-state index >= 15 is 4.39 Å². The molecule has 0 saturated carbocycles. The van der Waals surface area contributed by atoms with E-state index in [-0.39, 0.29) is 22.1 Å². The number of carbonyl (C=O) groups excluding carboxylic acids is 2. The Morgan fingerprint density at radius 1 is 1.31 bits per heavy atom. The lowest BCUT2D eigenvalue weighted by atomic mass is 9.84. The van der Waals surface area contributed by atoms with Gasteiger partial charge in [0.05, 0.1) is 25.3 Å². The van der Waals surface area contributed by atoms with Crippen molar-refractivity contribution in [1.82, 2.24) is 15.4 Å². The number of nitrogen functional groups attached to an aromatic ring is 1. The number of aryl methyl sites for hydroxylation is 1. The molecule has 1 fully saturated rings. The van der Waals surface area contributed by atoms with Gasteiger partial charge < -0.3 is 36.0 Å². The van der Waals surface area contributed by atoms with Crippen molar-refractivity contribution >= 4 is 56.2 Å². The second kappa shape index (κ2) is 14.4. The number of hydrogen-bond acceptors (Lipinski definition) is 15. The molecule has 258 valence electrons. The van der Waals surface area contributed by atoms with Gasteiger partial charge in [-0.1, -0.05) is 5.16 Å². The van der Waals surface area contributed by atoms with E-state index in [1.807, 2.05) is 0 Å². The number of pyridine rings is 1. The summed E-state index contributed by atoms with van der Waals surface area (Å²) < 4.78 is 59.4. The van der Waals surface area contributed by atoms with Gasteiger partial charge >= 0.3 is 5.97 Å². The van der Waals surface area contributed by atoms with Crippen LogP contribution in [0.4, 0.5) is 15.3 Å². The molecule has 4 rings (SSSR count). The SMILES string of the molecule is C[n+]1cc(-c2ccc(OCC(O/N=C(\C(=O)N[C@@H]3C(=O)N(OS(=O)(=O)[O-])C3(C)C)c3csc(N)n3)C(=O)O)cc2F)ccc1NCCN. The van der Waals surface area contributed by atoms with Gasteiger partial charge in [0.15, 0.2) is 10.8 Å². The van der Waals surface area contributed by atoms with Gasteiger partial charge in [0.25, 0.3) is 23.7 Å². The number of carboxylic acid groups (broad SMARTS) is 1. The molecule has 1 saturated heterocycles. The maximum Gasteiger partial charge on any atom is 0.351 e. The van der Waals surface area contributed by atoms with E-state index in [9.17, 15) is 32.5 Å². The third-order valence-corrected chi connectivity index (χ3v) is 7.89. The van der Waals surface area contributed by atoms with Crippen molar-refractivity contribution in [1.29, 1.82) is 0 Å². The second-order valence-electron chi connectivity index (χ2n) is 10.7. The van der Waals surface area contributed by atoms with Crippen LogP contribution in [0.3, 0.4) is 0 Å². The van der Waals surface area contributed by atoms with Gasteiger partial charge in [-0.2, -0.15) is 9.35 Å². The molecular formula is C27H31FN8O10S2. The molecule has 3 heterocycles. The summed E-state index contributed by atoms with van der Waals surface area (Å²) in [6.45, 7) is 2.94. The van der Waals surface area contributed by atoms with Crippen LogP contribution in [0, 0.1) is 5.82 Å². The number of nitrogens with one attached hydrogen (secondary N) is 2. The van der Waals surface area contributed by atoms with Crippen molar-refractivity contribution in [3.8, 4) is 16.9 Å². The minimum Gasteiger partial charge on any atom is -0.724 e. The summed E-state index contributed by atoms with van der Waals surface area (Å²) >= 11 is 0.917. The Morgan fingerprint density at radius 2 is 2.04 bits per heavy atom. The van der Waals surface area contributed by atoms with E-state index < -0.39 is 64.0 Å². The number of nitrogens with zero attached hydrogens (tertiary/aromatic N) is 4.